The SMILES string of the molecule is COCc1nc(C2CC3(CCN(C(=O)c4cc(C)nn4C)CC3)CN2C)no1. The molecule has 1 atom stereocenters. The van der Waals surface area contributed by atoms with E-state index < -0.39 is 0 Å². The number of hydrogen-bond donors (Lipinski definition) is 0. The van der Waals surface area contributed by atoms with Crippen LogP contribution in [0.15, 0.2) is 10.6 Å². The van der Waals surface area contributed by atoms with E-state index in [0.717, 1.165) is 50.4 Å². The van der Waals surface area contributed by atoms with E-state index in [1.54, 1.807) is 11.8 Å². The fourth-order valence-electron chi connectivity index (χ4n) is 4.66. The molecule has 28 heavy (non-hydrogen) atoms. The van der Waals surface area contributed by atoms with Gasteiger partial charge in [0.25, 0.3) is 11.8 Å². The first kappa shape index (κ1) is 19.1. The van der Waals surface area contributed by atoms with Crippen LogP contribution in [0.3, 0.4) is 0 Å². The van der Waals surface area contributed by atoms with Crippen molar-refractivity contribution in [3.8, 4) is 0 Å². The number of likely N-dealkylation sites (tertiary alicyclic amines) is 2. The maximum Gasteiger partial charge on any atom is 0.272 e. The summed E-state index contributed by atoms with van der Waals surface area (Å²) in [6.07, 6.45) is 2.96. The predicted octanol–water partition coefficient (Wildman–Crippen LogP) is 1.56. The molecule has 2 saturated heterocycles. The van der Waals surface area contributed by atoms with Crippen LogP contribution in [0.2, 0.25) is 0 Å². The number of nitrogens with zero attached hydrogens (tertiary/aromatic N) is 6. The van der Waals surface area contributed by atoms with E-state index >= 15 is 0 Å². The minimum Gasteiger partial charge on any atom is -0.375 e. The largest absolute Gasteiger partial charge is 0.375 e. The minimum atomic E-state index is 0.0724. The fourth-order valence-corrected chi connectivity index (χ4v) is 4.66. The van der Waals surface area contributed by atoms with Gasteiger partial charge in [0.1, 0.15) is 12.3 Å². The van der Waals surface area contributed by atoms with Crippen LogP contribution in [-0.2, 0) is 18.4 Å². The van der Waals surface area contributed by atoms with Gasteiger partial charge in [0.2, 0.25) is 0 Å². The number of aryl methyl sites for hydroxylation is 2. The van der Waals surface area contributed by atoms with Gasteiger partial charge < -0.3 is 14.2 Å². The molecule has 9 heteroatoms. The fraction of sp³-hybridized carbons (Fsp3) is 0.684. The molecule has 0 saturated carbocycles. The monoisotopic (exact) mass is 388 g/mol. The Kier molecular flexibility index (Phi) is 4.96. The lowest BCUT2D eigenvalue weighted by molar-refractivity contribution is 0.0583. The number of piperidine rings is 1. The van der Waals surface area contributed by atoms with Crippen LogP contribution in [0.25, 0.3) is 0 Å². The second-order valence-electron chi connectivity index (χ2n) is 8.20. The maximum absolute atomic E-state index is 12.9. The summed E-state index contributed by atoms with van der Waals surface area (Å²) < 4.78 is 12.0. The molecule has 0 bridgehead atoms. The summed E-state index contributed by atoms with van der Waals surface area (Å²) in [5, 5.41) is 8.46. The molecule has 2 aromatic heterocycles. The number of ether oxygens (including phenoxy) is 1. The van der Waals surface area contributed by atoms with Crippen LogP contribution in [0.5, 0.6) is 0 Å². The Morgan fingerprint density at radius 1 is 1.36 bits per heavy atom. The van der Waals surface area contributed by atoms with Gasteiger partial charge in [-0.3, -0.25) is 14.4 Å². The number of amides is 1. The Bertz CT molecular complexity index is 852. The Labute approximate surface area is 164 Å². The molecule has 2 aliphatic heterocycles. The number of carbonyl (C=O) groups is 1. The summed E-state index contributed by atoms with van der Waals surface area (Å²) in [6.45, 7) is 4.76. The molecule has 2 fully saturated rings. The van der Waals surface area contributed by atoms with Crippen LogP contribution < -0.4 is 0 Å². The molecular formula is C19H28N6O3. The van der Waals surface area contributed by atoms with Crippen LogP contribution in [-0.4, -0.2) is 69.4 Å². The normalized spacial score (nSPS) is 22.3. The molecule has 0 radical (unpaired) electrons. The van der Waals surface area contributed by atoms with Crippen LogP contribution in [0.4, 0.5) is 0 Å². The highest BCUT2D eigenvalue weighted by Gasteiger charge is 2.46. The van der Waals surface area contributed by atoms with E-state index in [-0.39, 0.29) is 17.4 Å². The van der Waals surface area contributed by atoms with Crippen molar-refractivity contribution in [2.45, 2.75) is 38.8 Å². The van der Waals surface area contributed by atoms with Crippen molar-refractivity contribution in [2.24, 2.45) is 12.5 Å². The average Bonchev–Trinajstić information content (AvgIpc) is 3.33. The van der Waals surface area contributed by atoms with E-state index in [2.05, 4.69) is 27.2 Å². The van der Waals surface area contributed by atoms with Gasteiger partial charge in [0.05, 0.1) is 11.7 Å². The molecule has 4 rings (SSSR count). The van der Waals surface area contributed by atoms with Gasteiger partial charge in [-0.05, 0) is 44.7 Å². The highest BCUT2D eigenvalue weighted by Crippen LogP contribution is 2.47. The highest BCUT2D eigenvalue weighted by molar-refractivity contribution is 5.92. The maximum atomic E-state index is 12.9. The van der Waals surface area contributed by atoms with E-state index in [0.29, 0.717) is 18.2 Å². The van der Waals surface area contributed by atoms with Gasteiger partial charge in [0, 0.05) is 33.8 Å². The number of methoxy groups -OCH3 is 1. The summed E-state index contributed by atoms with van der Waals surface area (Å²) in [7, 11) is 5.55. The van der Waals surface area contributed by atoms with Gasteiger partial charge in [-0.15, -0.1) is 0 Å². The van der Waals surface area contributed by atoms with Gasteiger partial charge in [-0.2, -0.15) is 10.1 Å². The smallest absolute Gasteiger partial charge is 0.272 e. The van der Waals surface area contributed by atoms with Crippen LogP contribution >= 0.6 is 0 Å². The van der Waals surface area contributed by atoms with Crippen molar-refractivity contribution < 1.29 is 14.1 Å². The van der Waals surface area contributed by atoms with E-state index in [9.17, 15) is 4.79 Å². The summed E-state index contributed by atoms with van der Waals surface area (Å²) in [4.78, 5) is 21.6. The summed E-state index contributed by atoms with van der Waals surface area (Å²) >= 11 is 0. The zero-order valence-corrected chi connectivity index (χ0v) is 17.0. The second-order valence-corrected chi connectivity index (χ2v) is 8.20. The van der Waals surface area contributed by atoms with Crippen molar-refractivity contribution in [3.63, 3.8) is 0 Å². The topological polar surface area (TPSA) is 89.5 Å². The third-order valence-electron chi connectivity index (χ3n) is 6.13. The van der Waals surface area contributed by atoms with Gasteiger partial charge >= 0.3 is 0 Å². The molecule has 1 unspecified atom stereocenters. The standard InChI is InChI=1S/C19H28N6O3/c1-13-9-14(24(3)21-13)18(26)25-7-5-19(6-8-25)10-15(23(2)12-19)17-20-16(11-27-4)28-22-17/h9,15H,5-8,10-12H2,1-4H3. The molecule has 9 nitrogen and oxygen atoms in total. The summed E-state index contributed by atoms with van der Waals surface area (Å²) in [6, 6.07) is 2.01. The lowest BCUT2D eigenvalue weighted by atomic mass is 9.76. The first-order valence-electron chi connectivity index (χ1n) is 9.72. The molecule has 1 amide bonds. The Balaban J connectivity index is 1.41. The first-order valence-corrected chi connectivity index (χ1v) is 9.72. The molecule has 0 aromatic carbocycles. The molecular weight excluding hydrogens is 360 g/mol. The third kappa shape index (κ3) is 3.44. The quantitative estimate of drug-likeness (QED) is 0.785. The van der Waals surface area contributed by atoms with Crippen molar-refractivity contribution >= 4 is 5.91 Å². The number of hydrogen-bond acceptors (Lipinski definition) is 7. The van der Waals surface area contributed by atoms with Crippen molar-refractivity contribution in [2.75, 3.05) is 33.8 Å². The second kappa shape index (κ2) is 7.29. The summed E-state index contributed by atoms with van der Waals surface area (Å²) in [5.41, 5.74) is 1.72. The van der Waals surface area contributed by atoms with E-state index in [1.807, 2.05) is 24.9 Å². The molecule has 2 aliphatic rings. The zero-order chi connectivity index (χ0) is 19.9. The predicted molar refractivity (Wildman–Crippen MR) is 101 cm³/mol. The van der Waals surface area contributed by atoms with Crippen LogP contribution in [0.1, 0.15) is 53.2 Å². The van der Waals surface area contributed by atoms with Gasteiger partial charge in [-0.1, -0.05) is 5.16 Å². The lowest BCUT2D eigenvalue weighted by Crippen LogP contribution is -2.44. The highest BCUT2D eigenvalue weighted by atomic mass is 16.5. The molecule has 4 heterocycles. The third-order valence-corrected chi connectivity index (χ3v) is 6.13. The average molecular weight is 388 g/mol. The number of carbonyl (C=O) groups excluding carboxylic acids is 1. The minimum absolute atomic E-state index is 0.0724. The van der Waals surface area contributed by atoms with Crippen molar-refractivity contribution in [3.05, 3.63) is 29.2 Å². The Morgan fingerprint density at radius 3 is 2.75 bits per heavy atom. The zero-order valence-electron chi connectivity index (χ0n) is 17.0. The lowest BCUT2D eigenvalue weighted by Gasteiger charge is -2.39. The Hall–Kier alpha value is -2.26. The van der Waals surface area contributed by atoms with E-state index in [1.165, 1.54) is 0 Å². The van der Waals surface area contributed by atoms with Crippen LogP contribution in [0, 0.1) is 12.3 Å². The number of aromatic nitrogens is 4. The summed E-state index contributed by atoms with van der Waals surface area (Å²) in [5.74, 6) is 1.32. The van der Waals surface area contributed by atoms with Crippen molar-refractivity contribution in [1.82, 2.24) is 29.7 Å². The van der Waals surface area contributed by atoms with Gasteiger partial charge in [0.15, 0.2) is 5.82 Å². The molecule has 0 aliphatic carbocycles. The van der Waals surface area contributed by atoms with Crippen molar-refractivity contribution in [1.29, 1.82) is 0 Å². The Morgan fingerprint density at radius 2 is 2.11 bits per heavy atom. The molecule has 1 spiro atoms. The molecule has 0 N–H and O–H groups in total. The van der Waals surface area contributed by atoms with Gasteiger partial charge in [-0.25, -0.2) is 0 Å². The van der Waals surface area contributed by atoms with E-state index in [4.69, 9.17) is 9.26 Å². The molecule has 152 valence electrons. The number of rotatable bonds is 4. The first-order chi connectivity index (χ1) is 13.4. The molecule has 2 aromatic rings.